The van der Waals surface area contributed by atoms with Crippen molar-refractivity contribution in [3.63, 3.8) is 0 Å². The van der Waals surface area contributed by atoms with Gasteiger partial charge in [0, 0.05) is 13.1 Å². The molecule has 0 spiro atoms. The Balaban J connectivity index is 2.07. The summed E-state index contributed by atoms with van der Waals surface area (Å²) < 4.78 is 27.7. The minimum absolute atomic E-state index is 0.0191. The second kappa shape index (κ2) is 4.79. The average Bonchev–Trinajstić information content (AvgIpc) is 2.77. The molecule has 2 aliphatic rings. The zero-order valence-electron chi connectivity index (χ0n) is 10.6. The van der Waals surface area contributed by atoms with Gasteiger partial charge in [0.1, 0.15) is 0 Å². The van der Waals surface area contributed by atoms with Crippen molar-refractivity contribution >= 4 is 15.8 Å². The number of nitrogens with zero attached hydrogens (tertiary/aromatic N) is 1. The minimum Gasteiger partial charge on any atom is -0.469 e. The van der Waals surface area contributed by atoms with Gasteiger partial charge in [-0.25, -0.2) is 8.42 Å². The Morgan fingerprint density at radius 2 is 2.00 bits per heavy atom. The highest BCUT2D eigenvalue weighted by molar-refractivity contribution is 7.91. The third-order valence-corrected chi connectivity index (χ3v) is 5.61. The highest BCUT2D eigenvalue weighted by Gasteiger charge is 2.45. The highest BCUT2D eigenvalue weighted by atomic mass is 32.2. The Bertz CT molecular complexity index is 435. The van der Waals surface area contributed by atoms with Crippen molar-refractivity contribution in [1.82, 2.24) is 4.90 Å². The number of carbonyl (C=O) groups excluding carboxylic acids is 1. The summed E-state index contributed by atoms with van der Waals surface area (Å²) in [6.07, 6.45) is -0.849. The lowest BCUT2D eigenvalue weighted by molar-refractivity contribution is -0.146. The van der Waals surface area contributed by atoms with Crippen LogP contribution in [0.3, 0.4) is 0 Å². The molecule has 0 bridgehead atoms. The lowest BCUT2D eigenvalue weighted by Crippen LogP contribution is -2.42. The summed E-state index contributed by atoms with van der Waals surface area (Å²) in [7, 11) is -1.80. The SMILES string of the molecule is COC(=O)C1CN(C2CS(=O)(=O)CC2O)CC1C. The first kappa shape index (κ1) is 13.8. The van der Waals surface area contributed by atoms with E-state index in [2.05, 4.69) is 0 Å². The third kappa shape index (κ3) is 2.53. The predicted molar refractivity (Wildman–Crippen MR) is 64.7 cm³/mol. The standard InChI is InChI=1S/C11H19NO5S/c1-7-3-12(4-8(7)11(14)17-2)9-5-18(15,16)6-10(9)13/h7-10,13H,3-6H2,1-2H3. The average molecular weight is 277 g/mol. The van der Waals surface area contributed by atoms with Crippen LogP contribution in [0, 0.1) is 11.8 Å². The molecule has 2 rings (SSSR count). The Kier molecular flexibility index (Phi) is 3.66. The van der Waals surface area contributed by atoms with Crippen LogP contribution in [-0.4, -0.2) is 68.2 Å². The molecule has 0 amide bonds. The normalized spacial score (nSPS) is 39.9. The summed E-state index contributed by atoms with van der Waals surface area (Å²) >= 11 is 0. The van der Waals surface area contributed by atoms with Crippen LogP contribution in [0.1, 0.15) is 6.92 Å². The van der Waals surface area contributed by atoms with Crippen molar-refractivity contribution < 1.29 is 23.1 Å². The van der Waals surface area contributed by atoms with Gasteiger partial charge in [-0.2, -0.15) is 0 Å². The molecule has 2 saturated heterocycles. The number of likely N-dealkylation sites (tertiary alicyclic amines) is 1. The Morgan fingerprint density at radius 1 is 1.33 bits per heavy atom. The van der Waals surface area contributed by atoms with E-state index >= 15 is 0 Å². The van der Waals surface area contributed by atoms with E-state index in [1.807, 2.05) is 11.8 Å². The second-order valence-corrected chi connectivity index (χ2v) is 7.43. The predicted octanol–water partition coefficient (Wildman–Crippen LogP) is -1.11. The quantitative estimate of drug-likeness (QED) is 0.644. The Labute approximate surface area is 107 Å². The maximum Gasteiger partial charge on any atom is 0.310 e. The number of methoxy groups -OCH3 is 1. The van der Waals surface area contributed by atoms with Gasteiger partial charge < -0.3 is 9.84 Å². The van der Waals surface area contributed by atoms with Crippen LogP contribution in [0.5, 0.6) is 0 Å². The molecular weight excluding hydrogens is 258 g/mol. The van der Waals surface area contributed by atoms with Crippen LogP contribution in [0.15, 0.2) is 0 Å². The van der Waals surface area contributed by atoms with Crippen LogP contribution in [0.25, 0.3) is 0 Å². The number of carbonyl (C=O) groups is 1. The van der Waals surface area contributed by atoms with Gasteiger partial charge in [-0.3, -0.25) is 9.69 Å². The van der Waals surface area contributed by atoms with Gasteiger partial charge in [-0.05, 0) is 5.92 Å². The van der Waals surface area contributed by atoms with Crippen LogP contribution in [0.2, 0.25) is 0 Å². The van der Waals surface area contributed by atoms with E-state index in [1.165, 1.54) is 7.11 Å². The molecule has 104 valence electrons. The van der Waals surface area contributed by atoms with Crippen molar-refractivity contribution in [2.24, 2.45) is 11.8 Å². The van der Waals surface area contributed by atoms with Crippen LogP contribution in [-0.2, 0) is 19.4 Å². The minimum atomic E-state index is -3.15. The van der Waals surface area contributed by atoms with Gasteiger partial charge in [0.2, 0.25) is 0 Å². The fourth-order valence-electron chi connectivity index (χ4n) is 2.89. The maximum atomic E-state index is 11.6. The number of sulfone groups is 1. The fraction of sp³-hybridized carbons (Fsp3) is 0.909. The van der Waals surface area contributed by atoms with Crippen LogP contribution < -0.4 is 0 Å². The van der Waals surface area contributed by atoms with Gasteiger partial charge in [0.15, 0.2) is 9.84 Å². The molecule has 0 saturated carbocycles. The molecule has 6 nitrogen and oxygen atoms in total. The van der Waals surface area contributed by atoms with Crippen molar-refractivity contribution in [2.45, 2.75) is 19.1 Å². The number of aliphatic hydroxyl groups is 1. The van der Waals surface area contributed by atoms with Gasteiger partial charge in [0.25, 0.3) is 0 Å². The summed E-state index contributed by atoms with van der Waals surface area (Å²) in [5.41, 5.74) is 0. The largest absolute Gasteiger partial charge is 0.469 e. The number of esters is 1. The first-order valence-electron chi connectivity index (χ1n) is 6.04. The molecule has 18 heavy (non-hydrogen) atoms. The van der Waals surface area contributed by atoms with Gasteiger partial charge in [-0.15, -0.1) is 0 Å². The lowest BCUT2D eigenvalue weighted by atomic mass is 9.99. The lowest BCUT2D eigenvalue weighted by Gasteiger charge is -2.25. The summed E-state index contributed by atoms with van der Waals surface area (Å²) in [5, 5.41) is 9.82. The van der Waals surface area contributed by atoms with Gasteiger partial charge in [-0.1, -0.05) is 6.92 Å². The van der Waals surface area contributed by atoms with Gasteiger partial charge in [0.05, 0.1) is 36.7 Å². The van der Waals surface area contributed by atoms with Crippen LogP contribution >= 0.6 is 0 Å². The molecule has 0 aromatic carbocycles. The zero-order chi connectivity index (χ0) is 13.5. The van der Waals surface area contributed by atoms with E-state index in [1.54, 1.807) is 0 Å². The number of ether oxygens (including phenoxy) is 1. The molecule has 2 heterocycles. The first-order chi connectivity index (χ1) is 8.34. The molecule has 4 atom stereocenters. The first-order valence-corrected chi connectivity index (χ1v) is 7.86. The molecule has 0 aromatic rings. The number of aliphatic hydroxyl groups excluding tert-OH is 1. The number of hydrogen-bond acceptors (Lipinski definition) is 6. The van der Waals surface area contributed by atoms with Crippen molar-refractivity contribution in [1.29, 1.82) is 0 Å². The van der Waals surface area contributed by atoms with Gasteiger partial charge >= 0.3 is 5.97 Å². The molecule has 0 aliphatic carbocycles. The van der Waals surface area contributed by atoms with E-state index in [0.29, 0.717) is 13.1 Å². The van der Waals surface area contributed by atoms with E-state index in [-0.39, 0.29) is 35.4 Å². The van der Waals surface area contributed by atoms with E-state index in [9.17, 15) is 18.3 Å². The molecule has 0 aromatic heterocycles. The molecule has 0 radical (unpaired) electrons. The molecule has 4 unspecified atom stereocenters. The molecule has 1 N–H and O–H groups in total. The van der Waals surface area contributed by atoms with Crippen molar-refractivity contribution in [3.05, 3.63) is 0 Å². The summed E-state index contributed by atoms with van der Waals surface area (Å²) in [4.78, 5) is 13.5. The maximum absolute atomic E-state index is 11.6. The molecule has 7 heteroatoms. The smallest absolute Gasteiger partial charge is 0.310 e. The summed E-state index contributed by atoms with van der Waals surface area (Å²) in [6, 6.07) is -0.382. The fourth-order valence-corrected chi connectivity index (χ4v) is 4.72. The van der Waals surface area contributed by atoms with Crippen molar-refractivity contribution in [3.8, 4) is 0 Å². The Hall–Kier alpha value is -0.660. The summed E-state index contributed by atoms with van der Waals surface area (Å²) in [6.45, 7) is 3.03. The second-order valence-electron chi connectivity index (χ2n) is 5.27. The summed E-state index contributed by atoms with van der Waals surface area (Å²) in [5.74, 6) is -0.570. The Morgan fingerprint density at radius 3 is 2.50 bits per heavy atom. The number of hydrogen-bond donors (Lipinski definition) is 1. The number of rotatable bonds is 2. The van der Waals surface area contributed by atoms with Crippen LogP contribution in [0.4, 0.5) is 0 Å². The molecule has 2 fully saturated rings. The highest BCUT2D eigenvalue weighted by Crippen LogP contribution is 2.29. The topological polar surface area (TPSA) is 83.9 Å². The molecule has 2 aliphatic heterocycles. The zero-order valence-corrected chi connectivity index (χ0v) is 11.4. The molecular formula is C11H19NO5S. The van der Waals surface area contributed by atoms with Crippen molar-refractivity contribution in [2.75, 3.05) is 31.7 Å². The monoisotopic (exact) mass is 277 g/mol. The van der Waals surface area contributed by atoms with E-state index in [4.69, 9.17) is 4.74 Å². The van der Waals surface area contributed by atoms with E-state index in [0.717, 1.165) is 0 Å². The van der Waals surface area contributed by atoms with E-state index < -0.39 is 15.9 Å². The third-order valence-electron chi connectivity index (χ3n) is 3.91.